The molecule has 2 aliphatic heterocycles. The summed E-state index contributed by atoms with van der Waals surface area (Å²) in [6.07, 6.45) is 4.86. The van der Waals surface area contributed by atoms with Gasteiger partial charge in [-0.2, -0.15) is 0 Å². The van der Waals surface area contributed by atoms with E-state index in [1.54, 1.807) is 16.7 Å². The fraction of sp³-hybridized carbons (Fsp3) is 0.600. The standard InChI is InChI=1S/C20H26Cl2N4O/c1-24-19(23-18-12-17(22)16(21)11-15(18)20(24)27)14-5-4-8-26(13-14)10-9-25-6-2-3-7-25/h11-12,14H,2-10,13H2,1H3/t14-/m1/s1. The van der Waals surface area contributed by atoms with Gasteiger partial charge in [-0.05, 0) is 57.5 Å². The van der Waals surface area contributed by atoms with Crippen molar-refractivity contribution in [2.75, 3.05) is 39.3 Å². The van der Waals surface area contributed by atoms with Crippen LogP contribution in [0, 0.1) is 0 Å². The normalized spacial score (nSPS) is 22.0. The van der Waals surface area contributed by atoms with Crippen LogP contribution in [-0.4, -0.2) is 58.6 Å². The summed E-state index contributed by atoms with van der Waals surface area (Å²) in [4.78, 5) is 22.7. The molecule has 0 unspecified atom stereocenters. The van der Waals surface area contributed by atoms with Crippen LogP contribution < -0.4 is 5.56 Å². The molecule has 0 saturated carbocycles. The van der Waals surface area contributed by atoms with Gasteiger partial charge >= 0.3 is 0 Å². The minimum Gasteiger partial charge on any atom is -0.302 e. The van der Waals surface area contributed by atoms with Crippen molar-refractivity contribution in [3.63, 3.8) is 0 Å². The van der Waals surface area contributed by atoms with Crippen LogP contribution >= 0.6 is 23.2 Å². The Balaban J connectivity index is 1.56. The molecule has 2 aliphatic rings. The first kappa shape index (κ1) is 19.2. The van der Waals surface area contributed by atoms with Crippen LogP contribution in [0.2, 0.25) is 10.0 Å². The fourth-order valence-electron chi connectivity index (χ4n) is 4.41. The van der Waals surface area contributed by atoms with Crippen LogP contribution in [0.25, 0.3) is 10.9 Å². The Morgan fingerprint density at radius 3 is 2.48 bits per heavy atom. The van der Waals surface area contributed by atoms with Crippen molar-refractivity contribution < 1.29 is 0 Å². The number of fused-ring (bicyclic) bond motifs is 1. The van der Waals surface area contributed by atoms with Crippen molar-refractivity contribution in [1.29, 1.82) is 0 Å². The number of nitrogens with zero attached hydrogens (tertiary/aromatic N) is 4. The molecule has 0 spiro atoms. The Morgan fingerprint density at radius 2 is 1.70 bits per heavy atom. The van der Waals surface area contributed by atoms with Crippen molar-refractivity contribution in [1.82, 2.24) is 19.4 Å². The molecule has 146 valence electrons. The number of piperidine rings is 1. The van der Waals surface area contributed by atoms with Crippen LogP contribution in [0.4, 0.5) is 0 Å². The van der Waals surface area contributed by atoms with E-state index in [2.05, 4.69) is 9.80 Å². The van der Waals surface area contributed by atoms with E-state index in [9.17, 15) is 4.79 Å². The third-order valence-corrected chi connectivity index (χ3v) is 6.68. The van der Waals surface area contributed by atoms with Gasteiger partial charge in [0.2, 0.25) is 0 Å². The van der Waals surface area contributed by atoms with E-state index in [4.69, 9.17) is 28.2 Å². The summed E-state index contributed by atoms with van der Waals surface area (Å²) in [6, 6.07) is 3.33. The molecule has 0 radical (unpaired) electrons. The maximum Gasteiger partial charge on any atom is 0.261 e. The molecule has 1 atom stereocenters. The summed E-state index contributed by atoms with van der Waals surface area (Å²) >= 11 is 12.2. The van der Waals surface area contributed by atoms with Gasteiger partial charge < -0.3 is 9.80 Å². The smallest absolute Gasteiger partial charge is 0.261 e. The summed E-state index contributed by atoms with van der Waals surface area (Å²) in [5.74, 6) is 1.13. The monoisotopic (exact) mass is 408 g/mol. The van der Waals surface area contributed by atoms with E-state index in [1.165, 1.54) is 25.9 Å². The number of hydrogen-bond acceptors (Lipinski definition) is 4. The molecule has 4 rings (SSSR count). The summed E-state index contributed by atoms with van der Waals surface area (Å²) < 4.78 is 1.70. The van der Waals surface area contributed by atoms with E-state index < -0.39 is 0 Å². The van der Waals surface area contributed by atoms with Gasteiger partial charge in [-0.1, -0.05) is 23.2 Å². The average Bonchev–Trinajstić information content (AvgIpc) is 3.19. The fourth-order valence-corrected chi connectivity index (χ4v) is 4.73. The third-order valence-electron chi connectivity index (χ3n) is 5.95. The first-order valence-electron chi connectivity index (χ1n) is 9.83. The molecule has 0 N–H and O–H groups in total. The van der Waals surface area contributed by atoms with Gasteiger partial charge in [-0.25, -0.2) is 4.98 Å². The molecule has 2 saturated heterocycles. The van der Waals surface area contributed by atoms with Crippen LogP contribution in [0.15, 0.2) is 16.9 Å². The van der Waals surface area contributed by atoms with Gasteiger partial charge in [-0.15, -0.1) is 0 Å². The van der Waals surface area contributed by atoms with Crippen molar-refractivity contribution in [2.45, 2.75) is 31.6 Å². The summed E-state index contributed by atoms with van der Waals surface area (Å²) in [7, 11) is 1.82. The third kappa shape index (κ3) is 4.02. The van der Waals surface area contributed by atoms with Crippen molar-refractivity contribution in [3.05, 3.63) is 38.4 Å². The number of benzene rings is 1. The van der Waals surface area contributed by atoms with Crippen LogP contribution in [0.3, 0.4) is 0 Å². The molecular formula is C20H26Cl2N4O. The summed E-state index contributed by atoms with van der Waals surface area (Å²) in [6.45, 7) is 6.81. The highest BCUT2D eigenvalue weighted by Crippen LogP contribution is 2.29. The maximum absolute atomic E-state index is 12.8. The minimum atomic E-state index is -0.0530. The average molecular weight is 409 g/mol. The molecule has 3 heterocycles. The zero-order valence-corrected chi connectivity index (χ0v) is 17.3. The van der Waals surface area contributed by atoms with E-state index in [1.807, 2.05) is 7.05 Å². The van der Waals surface area contributed by atoms with Crippen molar-refractivity contribution in [3.8, 4) is 0 Å². The molecule has 27 heavy (non-hydrogen) atoms. The van der Waals surface area contributed by atoms with Gasteiger partial charge in [0.1, 0.15) is 5.82 Å². The Kier molecular flexibility index (Phi) is 5.74. The second kappa shape index (κ2) is 8.08. The van der Waals surface area contributed by atoms with Crippen LogP contribution in [0.5, 0.6) is 0 Å². The lowest BCUT2D eigenvalue weighted by Gasteiger charge is -2.34. The molecule has 0 aliphatic carbocycles. The van der Waals surface area contributed by atoms with E-state index in [-0.39, 0.29) is 11.5 Å². The number of halogens is 2. The second-order valence-electron chi connectivity index (χ2n) is 7.81. The highest BCUT2D eigenvalue weighted by atomic mass is 35.5. The van der Waals surface area contributed by atoms with Gasteiger partial charge in [0.05, 0.1) is 20.9 Å². The lowest BCUT2D eigenvalue weighted by atomic mass is 9.96. The van der Waals surface area contributed by atoms with Crippen molar-refractivity contribution >= 4 is 34.1 Å². The minimum absolute atomic E-state index is 0.0530. The zero-order valence-electron chi connectivity index (χ0n) is 15.8. The number of hydrogen-bond donors (Lipinski definition) is 0. The molecule has 0 bridgehead atoms. The Bertz CT molecular complexity index is 892. The van der Waals surface area contributed by atoms with Gasteiger partial charge in [-0.3, -0.25) is 9.36 Å². The number of rotatable bonds is 4. The largest absolute Gasteiger partial charge is 0.302 e. The highest BCUT2D eigenvalue weighted by molar-refractivity contribution is 6.42. The first-order valence-corrected chi connectivity index (χ1v) is 10.6. The second-order valence-corrected chi connectivity index (χ2v) is 8.62. The Hall–Kier alpha value is -1.14. The summed E-state index contributed by atoms with van der Waals surface area (Å²) in [5, 5.41) is 1.35. The lowest BCUT2D eigenvalue weighted by molar-refractivity contribution is 0.177. The molecule has 2 fully saturated rings. The van der Waals surface area contributed by atoms with Gasteiger partial charge in [0.15, 0.2) is 0 Å². The summed E-state index contributed by atoms with van der Waals surface area (Å²) in [5.41, 5.74) is 0.583. The number of likely N-dealkylation sites (tertiary alicyclic amines) is 2. The molecular weight excluding hydrogens is 383 g/mol. The van der Waals surface area contributed by atoms with Crippen LogP contribution in [-0.2, 0) is 7.05 Å². The predicted molar refractivity (Wildman–Crippen MR) is 111 cm³/mol. The first-order chi connectivity index (χ1) is 13.0. The van der Waals surface area contributed by atoms with Crippen LogP contribution in [0.1, 0.15) is 37.4 Å². The van der Waals surface area contributed by atoms with Crippen molar-refractivity contribution in [2.24, 2.45) is 7.05 Å². The topological polar surface area (TPSA) is 41.4 Å². The van der Waals surface area contributed by atoms with E-state index >= 15 is 0 Å². The zero-order chi connectivity index (χ0) is 19.0. The Morgan fingerprint density at radius 1 is 1.04 bits per heavy atom. The molecule has 5 nitrogen and oxygen atoms in total. The van der Waals surface area contributed by atoms with E-state index in [0.29, 0.717) is 20.9 Å². The lowest BCUT2D eigenvalue weighted by Crippen LogP contribution is -2.41. The highest BCUT2D eigenvalue weighted by Gasteiger charge is 2.26. The Labute approximate surface area is 169 Å². The predicted octanol–water partition coefficient (Wildman–Crippen LogP) is 3.52. The van der Waals surface area contributed by atoms with Gasteiger partial charge in [0.25, 0.3) is 5.56 Å². The molecule has 0 amide bonds. The molecule has 1 aromatic carbocycles. The van der Waals surface area contributed by atoms with Gasteiger partial charge in [0, 0.05) is 32.6 Å². The maximum atomic E-state index is 12.8. The number of aromatic nitrogens is 2. The quantitative estimate of drug-likeness (QED) is 0.775. The molecule has 2 aromatic rings. The van der Waals surface area contributed by atoms with E-state index in [0.717, 1.165) is 44.8 Å². The SMILES string of the molecule is Cn1c([C@@H]2CCCN(CCN3CCCC3)C2)nc2cc(Cl)c(Cl)cc2c1=O. The molecule has 7 heteroatoms. The molecule has 1 aromatic heterocycles.